The molecule has 0 unspecified atom stereocenters. The van der Waals surface area contributed by atoms with Gasteiger partial charge in [0.05, 0.1) is 5.69 Å². The van der Waals surface area contributed by atoms with Crippen molar-refractivity contribution in [3.63, 3.8) is 0 Å². The summed E-state index contributed by atoms with van der Waals surface area (Å²) < 4.78 is 0. The van der Waals surface area contributed by atoms with Gasteiger partial charge in [-0.05, 0) is 24.3 Å². The Morgan fingerprint density at radius 3 is 1.95 bits per heavy atom. The van der Waals surface area contributed by atoms with Crippen LogP contribution in [0.2, 0.25) is 0 Å². The number of hydrogen-bond donors (Lipinski definition) is 1. The summed E-state index contributed by atoms with van der Waals surface area (Å²) in [7, 11) is 0. The Kier molecular flexibility index (Phi) is 7.29. The van der Waals surface area contributed by atoms with Crippen LogP contribution in [0.1, 0.15) is 30.6 Å². The SMILES string of the molecule is CCC.O=CN(Nc1ccccc1)C(=O)c1ccccc1. The van der Waals surface area contributed by atoms with Crippen molar-refractivity contribution >= 4 is 18.0 Å². The third-order valence-corrected chi connectivity index (χ3v) is 2.37. The van der Waals surface area contributed by atoms with Crippen LogP contribution in [-0.2, 0) is 4.79 Å². The predicted octanol–water partition coefficient (Wildman–Crippen LogP) is 3.73. The number of amides is 2. The van der Waals surface area contributed by atoms with Gasteiger partial charge in [-0.25, -0.2) is 0 Å². The first kappa shape index (κ1) is 16.4. The van der Waals surface area contributed by atoms with Crippen molar-refractivity contribution < 1.29 is 9.59 Å². The average molecular weight is 284 g/mol. The first-order valence-electron chi connectivity index (χ1n) is 6.88. The second-order valence-electron chi connectivity index (χ2n) is 4.33. The van der Waals surface area contributed by atoms with Crippen LogP contribution in [0.25, 0.3) is 0 Å². The molecular formula is C17H20N2O2. The lowest BCUT2D eigenvalue weighted by atomic mass is 10.2. The molecule has 0 atom stereocenters. The van der Waals surface area contributed by atoms with Crippen LogP contribution in [0, 0.1) is 0 Å². The van der Waals surface area contributed by atoms with Gasteiger partial charge in [-0.2, -0.15) is 5.01 Å². The number of carbonyl (C=O) groups excluding carboxylic acids is 2. The zero-order valence-electron chi connectivity index (χ0n) is 12.3. The van der Waals surface area contributed by atoms with Gasteiger partial charge in [-0.1, -0.05) is 56.7 Å². The number of para-hydroxylation sites is 1. The molecule has 0 saturated heterocycles. The molecule has 0 aliphatic carbocycles. The summed E-state index contributed by atoms with van der Waals surface area (Å²) in [5, 5.41) is 0.921. The normalized spacial score (nSPS) is 9.05. The number of hydrogen-bond acceptors (Lipinski definition) is 3. The highest BCUT2D eigenvalue weighted by atomic mass is 16.2. The Hall–Kier alpha value is -2.62. The van der Waals surface area contributed by atoms with E-state index in [0.717, 1.165) is 5.01 Å². The largest absolute Gasteiger partial charge is 0.289 e. The Bertz CT molecular complexity index is 541. The smallest absolute Gasteiger partial charge is 0.279 e. The number of benzene rings is 2. The number of nitrogens with zero attached hydrogens (tertiary/aromatic N) is 1. The lowest BCUT2D eigenvalue weighted by Crippen LogP contribution is -2.34. The second-order valence-corrected chi connectivity index (χ2v) is 4.33. The molecule has 2 amide bonds. The van der Waals surface area contributed by atoms with Gasteiger partial charge in [0.1, 0.15) is 0 Å². The highest BCUT2D eigenvalue weighted by Crippen LogP contribution is 2.08. The molecule has 0 radical (unpaired) electrons. The van der Waals surface area contributed by atoms with Crippen molar-refractivity contribution in [2.75, 3.05) is 5.43 Å². The minimum Gasteiger partial charge on any atom is -0.289 e. The van der Waals surface area contributed by atoms with Gasteiger partial charge < -0.3 is 0 Å². The molecule has 2 rings (SSSR count). The zero-order chi connectivity index (χ0) is 15.5. The minimum absolute atomic E-state index is 0.394. The summed E-state index contributed by atoms with van der Waals surface area (Å²) in [4.78, 5) is 23.0. The summed E-state index contributed by atoms with van der Waals surface area (Å²) in [5.74, 6) is -0.394. The van der Waals surface area contributed by atoms with Crippen LogP contribution in [0.15, 0.2) is 60.7 Å². The predicted molar refractivity (Wildman–Crippen MR) is 84.7 cm³/mol. The molecule has 4 nitrogen and oxygen atoms in total. The molecule has 110 valence electrons. The molecule has 0 fully saturated rings. The topological polar surface area (TPSA) is 49.4 Å². The minimum atomic E-state index is -0.394. The van der Waals surface area contributed by atoms with E-state index in [1.165, 1.54) is 6.42 Å². The summed E-state index contributed by atoms with van der Waals surface area (Å²) in [6, 6.07) is 17.7. The van der Waals surface area contributed by atoms with Crippen LogP contribution in [-0.4, -0.2) is 17.3 Å². The second kappa shape index (κ2) is 9.31. The number of rotatable bonds is 4. The molecule has 21 heavy (non-hydrogen) atoms. The standard InChI is InChI=1S/C14H12N2O2.C3H8/c17-11-16(15-13-9-5-2-6-10-13)14(18)12-7-3-1-4-8-12;1-3-2/h1-11,15H;3H2,1-2H3. The van der Waals surface area contributed by atoms with E-state index in [9.17, 15) is 9.59 Å². The van der Waals surface area contributed by atoms with E-state index in [0.29, 0.717) is 17.7 Å². The maximum Gasteiger partial charge on any atom is 0.279 e. The van der Waals surface area contributed by atoms with Gasteiger partial charge in [-0.3, -0.25) is 15.0 Å². The maximum absolute atomic E-state index is 12.0. The molecule has 2 aromatic rings. The number of hydrazine groups is 1. The van der Waals surface area contributed by atoms with Gasteiger partial charge in [0.15, 0.2) is 0 Å². The molecule has 0 aliphatic rings. The Labute approximate surface area is 125 Å². The quantitative estimate of drug-likeness (QED) is 0.687. The third kappa shape index (κ3) is 5.48. The van der Waals surface area contributed by atoms with E-state index in [1.54, 1.807) is 36.4 Å². The van der Waals surface area contributed by atoms with E-state index < -0.39 is 5.91 Å². The van der Waals surface area contributed by atoms with E-state index in [1.807, 2.05) is 24.3 Å². The molecule has 2 aromatic carbocycles. The van der Waals surface area contributed by atoms with Gasteiger partial charge in [-0.15, -0.1) is 0 Å². The van der Waals surface area contributed by atoms with Crippen LogP contribution in [0.3, 0.4) is 0 Å². The van der Waals surface area contributed by atoms with E-state index >= 15 is 0 Å². The van der Waals surface area contributed by atoms with Crippen LogP contribution >= 0.6 is 0 Å². The number of nitrogens with one attached hydrogen (secondary N) is 1. The molecule has 0 spiro atoms. The number of anilines is 1. The molecule has 0 bridgehead atoms. The fourth-order valence-corrected chi connectivity index (χ4v) is 1.50. The Morgan fingerprint density at radius 1 is 1.00 bits per heavy atom. The van der Waals surface area contributed by atoms with Crippen LogP contribution < -0.4 is 5.43 Å². The summed E-state index contributed by atoms with van der Waals surface area (Å²) >= 11 is 0. The van der Waals surface area contributed by atoms with Crippen molar-refractivity contribution in [1.82, 2.24) is 5.01 Å². The molecule has 0 aromatic heterocycles. The van der Waals surface area contributed by atoms with Gasteiger partial charge in [0, 0.05) is 5.56 Å². The zero-order valence-corrected chi connectivity index (χ0v) is 12.3. The molecular weight excluding hydrogens is 264 g/mol. The van der Waals surface area contributed by atoms with Gasteiger partial charge in [0.2, 0.25) is 6.41 Å². The Balaban J connectivity index is 0.000000677. The lowest BCUT2D eigenvalue weighted by molar-refractivity contribution is -0.115. The fourth-order valence-electron chi connectivity index (χ4n) is 1.50. The Morgan fingerprint density at radius 2 is 1.48 bits per heavy atom. The van der Waals surface area contributed by atoms with Crippen molar-refractivity contribution in [2.45, 2.75) is 20.3 Å². The number of carbonyl (C=O) groups is 2. The van der Waals surface area contributed by atoms with Gasteiger partial charge in [0.25, 0.3) is 5.91 Å². The van der Waals surface area contributed by atoms with Crippen molar-refractivity contribution in [3.8, 4) is 0 Å². The molecule has 1 N–H and O–H groups in total. The van der Waals surface area contributed by atoms with E-state index in [-0.39, 0.29) is 0 Å². The average Bonchev–Trinajstić information content (AvgIpc) is 2.54. The lowest BCUT2D eigenvalue weighted by Gasteiger charge is -2.17. The first-order chi connectivity index (χ1) is 10.2. The third-order valence-electron chi connectivity index (χ3n) is 2.37. The summed E-state index contributed by atoms with van der Waals surface area (Å²) in [6.45, 7) is 4.25. The maximum atomic E-state index is 12.0. The summed E-state index contributed by atoms with van der Waals surface area (Å²) in [6.07, 6.45) is 1.71. The summed E-state index contributed by atoms with van der Waals surface area (Å²) in [5.41, 5.74) is 3.87. The highest BCUT2D eigenvalue weighted by Gasteiger charge is 2.14. The van der Waals surface area contributed by atoms with Crippen molar-refractivity contribution in [2.24, 2.45) is 0 Å². The molecule has 0 heterocycles. The molecule has 0 saturated carbocycles. The van der Waals surface area contributed by atoms with Crippen molar-refractivity contribution in [3.05, 3.63) is 66.2 Å². The fraction of sp³-hybridized carbons (Fsp3) is 0.176. The molecule has 0 aliphatic heterocycles. The highest BCUT2D eigenvalue weighted by molar-refractivity contribution is 6.00. The molecule has 4 heteroatoms. The van der Waals surface area contributed by atoms with Crippen LogP contribution in [0.4, 0.5) is 5.69 Å². The number of imide groups is 1. The first-order valence-corrected chi connectivity index (χ1v) is 6.88. The van der Waals surface area contributed by atoms with E-state index in [4.69, 9.17) is 0 Å². The van der Waals surface area contributed by atoms with E-state index in [2.05, 4.69) is 19.3 Å². The van der Waals surface area contributed by atoms with Crippen molar-refractivity contribution in [1.29, 1.82) is 0 Å². The van der Waals surface area contributed by atoms with Gasteiger partial charge >= 0.3 is 0 Å². The van der Waals surface area contributed by atoms with Crippen LogP contribution in [0.5, 0.6) is 0 Å². The monoisotopic (exact) mass is 284 g/mol.